The molecule has 0 amide bonds. The minimum absolute atomic E-state index is 0.0580. The van der Waals surface area contributed by atoms with E-state index in [0.717, 1.165) is 28.6 Å². The summed E-state index contributed by atoms with van der Waals surface area (Å²) < 4.78 is 11.8. The molecular weight excluding hydrogens is 276 g/mol. The maximum Gasteiger partial charge on any atom is 0.127 e. The summed E-state index contributed by atoms with van der Waals surface area (Å²) in [5.74, 6) is 2.41. The molecule has 4 heteroatoms. The third-order valence-corrected chi connectivity index (χ3v) is 3.31. The fraction of sp³-hybridized carbons (Fsp3) is 0.111. The van der Waals surface area contributed by atoms with Crippen molar-refractivity contribution in [3.63, 3.8) is 0 Å². The molecule has 1 aliphatic rings. The highest BCUT2D eigenvalue weighted by Gasteiger charge is 2.14. The van der Waals surface area contributed by atoms with Crippen molar-refractivity contribution in [1.29, 1.82) is 0 Å². The number of ether oxygens (including phenoxy) is 2. The van der Waals surface area contributed by atoms with E-state index in [1.165, 1.54) is 0 Å². The van der Waals surface area contributed by atoms with E-state index in [1.54, 1.807) is 0 Å². The third kappa shape index (κ3) is 3.61. The normalized spacial score (nSPS) is 16.9. The Morgan fingerprint density at radius 1 is 0.818 bits per heavy atom. The molecule has 112 valence electrons. The Morgan fingerprint density at radius 3 is 2.05 bits per heavy atom. The van der Waals surface area contributed by atoms with Gasteiger partial charge in [-0.15, -0.1) is 0 Å². The van der Waals surface area contributed by atoms with Crippen LogP contribution in [0.15, 0.2) is 72.5 Å². The summed E-state index contributed by atoms with van der Waals surface area (Å²) in [7, 11) is 0. The average Bonchev–Trinajstić information content (AvgIpc) is 2.52. The van der Waals surface area contributed by atoms with Gasteiger partial charge in [0.1, 0.15) is 23.4 Å². The Bertz CT molecular complexity index is 688. The summed E-state index contributed by atoms with van der Waals surface area (Å²) in [6, 6.07) is 14.7. The van der Waals surface area contributed by atoms with Gasteiger partial charge < -0.3 is 20.9 Å². The van der Waals surface area contributed by atoms with Crippen LogP contribution in [0.5, 0.6) is 11.5 Å². The summed E-state index contributed by atoms with van der Waals surface area (Å²) in [6.45, 7) is 0. The quantitative estimate of drug-likeness (QED) is 0.846. The molecule has 2 aromatic carbocycles. The SMILES string of the molecule is Nc1ccc(OC2=CC=CC(Oc3ccc(N)cc3)C2)cc1. The van der Waals surface area contributed by atoms with Crippen molar-refractivity contribution < 1.29 is 9.47 Å². The fourth-order valence-corrected chi connectivity index (χ4v) is 2.19. The lowest BCUT2D eigenvalue weighted by atomic mass is 10.1. The summed E-state index contributed by atoms with van der Waals surface area (Å²) >= 11 is 0. The number of rotatable bonds is 4. The van der Waals surface area contributed by atoms with Crippen molar-refractivity contribution in [3.05, 3.63) is 72.5 Å². The number of hydrogen-bond donors (Lipinski definition) is 2. The first-order valence-electron chi connectivity index (χ1n) is 7.12. The number of anilines is 2. The zero-order valence-corrected chi connectivity index (χ0v) is 12.1. The van der Waals surface area contributed by atoms with Crippen LogP contribution in [0.4, 0.5) is 11.4 Å². The van der Waals surface area contributed by atoms with Crippen LogP contribution in [-0.2, 0) is 0 Å². The summed E-state index contributed by atoms with van der Waals surface area (Å²) in [5, 5.41) is 0. The molecule has 1 atom stereocenters. The standard InChI is InChI=1S/C18H18N2O2/c19-13-4-8-15(9-5-13)21-17-2-1-3-18(12-17)22-16-10-6-14(20)7-11-16/h1-11,17H,12,19-20H2. The van der Waals surface area contributed by atoms with Crippen LogP contribution in [0.25, 0.3) is 0 Å². The van der Waals surface area contributed by atoms with Crippen molar-refractivity contribution in [1.82, 2.24) is 0 Å². The van der Waals surface area contributed by atoms with Gasteiger partial charge in [-0.25, -0.2) is 0 Å². The topological polar surface area (TPSA) is 70.5 Å². The Morgan fingerprint density at radius 2 is 1.41 bits per heavy atom. The largest absolute Gasteiger partial charge is 0.486 e. The predicted molar refractivity (Wildman–Crippen MR) is 88.6 cm³/mol. The number of hydrogen-bond acceptors (Lipinski definition) is 4. The second-order valence-corrected chi connectivity index (χ2v) is 5.12. The van der Waals surface area contributed by atoms with E-state index in [1.807, 2.05) is 66.8 Å². The Hall–Kier alpha value is -2.88. The first-order chi connectivity index (χ1) is 10.7. The molecule has 0 heterocycles. The fourth-order valence-electron chi connectivity index (χ4n) is 2.19. The van der Waals surface area contributed by atoms with Crippen LogP contribution in [0.1, 0.15) is 6.42 Å². The minimum Gasteiger partial charge on any atom is -0.486 e. The van der Waals surface area contributed by atoms with E-state index in [-0.39, 0.29) is 6.10 Å². The van der Waals surface area contributed by atoms with E-state index >= 15 is 0 Å². The lowest BCUT2D eigenvalue weighted by molar-refractivity contribution is 0.226. The molecule has 1 unspecified atom stereocenters. The first kappa shape index (κ1) is 14.1. The van der Waals surface area contributed by atoms with Gasteiger partial charge in [0.2, 0.25) is 0 Å². The summed E-state index contributed by atoms with van der Waals surface area (Å²) in [4.78, 5) is 0. The third-order valence-electron chi connectivity index (χ3n) is 3.31. The molecule has 0 aliphatic heterocycles. The number of benzene rings is 2. The van der Waals surface area contributed by atoms with Gasteiger partial charge in [-0.05, 0) is 60.7 Å². The van der Waals surface area contributed by atoms with E-state index in [0.29, 0.717) is 6.42 Å². The average molecular weight is 294 g/mol. The van der Waals surface area contributed by atoms with Gasteiger partial charge in [-0.2, -0.15) is 0 Å². The van der Waals surface area contributed by atoms with Crippen molar-refractivity contribution in [2.45, 2.75) is 12.5 Å². The highest BCUT2D eigenvalue weighted by atomic mass is 16.5. The molecule has 22 heavy (non-hydrogen) atoms. The summed E-state index contributed by atoms with van der Waals surface area (Å²) in [5.41, 5.74) is 12.8. The molecule has 0 aromatic heterocycles. The van der Waals surface area contributed by atoms with Gasteiger partial charge >= 0.3 is 0 Å². The molecule has 0 spiro atoms. The van der Waals surface area contributed by atoms with Crippen molar-refractivity contribution in [2.24, 2.45) is 0 Å². The molecule has 0 bridgehead atoms. The molecule has 0 radical (unpaired) electrons. The van der Waals surface area contributed by atoms with Crippen molar-refractivity contribution in [3.8, 4) is 11.5 Å². The zero-order valence-electron chi connectivity index (χ0n) is 12.1. The zero-order chi connectivity index (χ0) is 15.4. The maximum absolute atomic E-state index is 5.91. The second-order valence-electron chi connectivity index (χ2n) is 5.12. The van der Waals surface area contributed by atoms with Gasteiger partial charge in [0.15, 0.2) is 0 Å². The molecule has 3 rings (SSSR count). The number of nitrogens with two attached hydrogens (primary N) is 2. The Balaban J connectivity index is 1.61. The van der Waals surface area contributed by atoms with Crippen molar-refractivity contribution >= 4 is 11.4 Å². The van der Waals surface area contributed by atoms with E-state index < -0.39 is 0 Å². The van der Waals surface area contributed by atoms with E-state index in [4.69, 9.17) is 20.9 Å². The van der Waals surface area contributed by atoms with Crippen LogP contribution in [0, 0.1) is 0 Å². The summed E-state index contributed by atoms with van der Waals surface area (Å²) in [6.07, 6.45) is 6.51. The molecule has 0 fully saturated rings. The van der Waals surface area contributed by atoms with Crippen LogP contribution in [-0.4, -0.2) is 6.10 Å². The van der Waals surface area contributed by atoms with Gasteiger partial charge in [0.05, 0.1) is 0 Å². The minimum atomic E-state index is -0.0580. The highest BCUT2D eigenvalue weighted by Crippen LogP contribution is 2.24. The molecule has 4 N–H and O–H groups in total. The van der Waals surface area contributed by atoms with Crippen molar-refractivity contribution in [2.75, 3.05) is 11.5 Å². The van der Waals surface area contributed by atoms with Gasteiger partial charge in [-0.3, -0.25) is 0 Å². The number of allylic oxidation sites excluding steroid dienone is 2. The maximum atomic E-state index is 5.91. The van der Waals surface area contributed by atoms with Gasteiger partial charge in [-0.1, -0.05) is 6.08 Å². The molecule has 2 aromatic rings. The Labute approximate surface area is 129 Å². The molecule has 4 nitrogen and oxygen atoms in total. The molecule has 1 aliphatic carbocycles. The van der Waals surface area contributed by atoms with Gasteiger partial charge in [0.25, 0.3) is 0 Å². The Kier molecular flexibility index (Phi) is 4.01. The van der Waals surface area contributed by atoms with Crippen LogP contribution < -0.4 is 20.9 Å². The number of nitrogen functional groups attached to an aromatic ring is 2. The highest BCUT2D eigenvalue weighted by molar-refractivity contribution is 5.43. The lowest BCUT2D eigenvalue weighted by Gasteiger charge is -2.20. The van der Waals surface area contributed by atoms with Gasteiger partial charge in [0, 0.05) is 17.8 Å². The second kappa shape index (κ2) is 6.26. The van der Waals surface area contributed by atoms with Crippen LogP contribution in [0.3, 0.4) is 0 Å². The smallest absolute Gasteiger partial charge is 0.127 e. The lowest BCUT2D eigenvalue weighted by Crippen LogP contribution is -2.18. The molecule has 0 saturated carbocycles. The predicted octanol–water partition coefficient (Wildman–Crippen LogP) is 3.52. The van der Waals surface area contributed by atoms with Crippen LogP contribution in [0.2, 0.25) is 0 Å². The van der Waals surface area contributed by atoms with E-state index in [9.17, 15) is 0 Å². The first-order valence-corrected chi connectivity index (χ1v) is 7.12. The molecular formula is C18H18N2O2. The molecule has 0 saturated heterocycles. The monoisotopic (exact) mass is 294 g/mol. The van der Waals surface area contributed by atoms with E-state index in [2.05, 4.69) is 0 Å². The van der Waals surface area contributed by atoms with Crippen LogP contribution >= 0.6 is 0 Å².